The first-order valence-electron chi connectivity index (χ1n) is 11.8. The third kappa shape index (κ3) is 5.96. The van der Waals surface area contributed by atoms with Gasteiger partial charge in [-0.25, -0.2) is 0 Å². The summed E-state index contributed by atoms with van der Waals surface area (Å²) in [6, 6.07) is 7.31. The molecule has 1 saturated heterocycles. The normalized spacial score (nSPS) is 16.8. The molecule has 2 aromatic rings. The topological polar surface area (TPSA) is 88.3 Å². The van der Waals surface area contributed by atoms with Crippen LogP contribution in [0.3, 0.4) is 0 Å². The van der Waals surface area contributed by atoms with Gasteiger partial charge in [0.05, 0.1) is 17.0 Å². The molecule has 1 aliphatic heterocycles. The molecule has 7 nitrogen and oxygen atoms in total. The third-order valence-electron chi connectivity index (χ3n) is 5.89. The lowest BCUT2D eigenvalue weighted by Gasteiger charge is -2.32. The van der Waals surface area contributed by atoms with E-state index in [0.29, 0.717) is 42.5 Å². The SMILES string of the molecule is CCCCCCNC(=O)C1CCCN(C(=O)c2ccccc2-c2nc(C(C)(C)C)no2)C1. The van der Waals surface area contributed by atoms with E-state index in [0.717, 1.165) is 25.7 Å². The van der Waals surface area contributed by atoms with E-state index in [1.54, 1.807) is 11.0 Å². The highest BCUT2D eigenvalue weighted by atomic mass is 16.5. The van der Waals surface area contributed by atoms with Crippen molar-refractivity contribution in [3.05, 3.63) is 35.7 Å². The van der Waals surface area contributed by atoms with Gasteiger partial charge in [0.25, 0.3) is 11.8 Å². The molecule has 0 bridgehead atoms. The van der Waals surface area contributed by atoms with Crippen molar-refractivity contribution < 1.29 is 14.1 Å². The molecule has 0 aliphatic carbocycles. The molecule has 1 unspecified atom stereocenters. The summed E-state index contributed by atoms with van der Waals surface area (Å²) in [5.41, 5.74) is 0.908. The van der Waals surface area contributed by atoms with Crippen molar-refractivity contribution in [2.45, 2.75) is 71.6 Å². The van der Waals surface area contributed by atoms with Gasteiger partial charge in [0.15, 0.2) is 5.82 Å². The Balaban J connectivity index is 1.68. The number of hydrogen-bond donors (Lipinski definition) is 1. The van der Waals surface area contributed by atoms with E-state index in [1.807, 2.05) is 39.0 Å². The van der Waals surface area contributed by atoms with Crippen LogP contribution in [0, 0.1) is 5.92 Å². The van der Waals surface area contributed by atoms with Gasteiger partial charge in [0.2, 0.25) is 5.91 Å². The van der Waals surface area contributed by atoms with E-state index in [2.05, 4.69) is 22.4 Å². The first-order valence-corrected chi connectivity index (χ1v) is 11.8. The predicted octanol–water partition coefficient (Wildman–Crippen LogP) is 4.58. The van der Waals surface area contributed by atoms with Gasteiger partial charge in [-0.05, 0) is 31.4 Å². The molecule has 7 heteroatoms. The summed E-state index contributed by atoms with van der Waals surface area (Å²) in [6.45, 7) is 10.0. The molecule has 2 amide bonds. The number of amides is 2. The highest BCUT2D eigenvalue weighted by molar-refractivity contribution is 6.00. The molecule has 1 aliphatic rings. The van der Waals surface area contributed by atoms with E-state index in [1.165, 1.54) is 12.8 Å². The number of piperidine rings is 1. The van der Waals surface area contributed by atoms with Crippen LogP contribution >= 0.6 is 0 Å². The van der Waals surface area contributed by atoms with Crippen LogP contribution in [0.15, 0.2) is 28.8 Å². The fraction of sp³-hybridized carbons (Fsp3) is 0.600. The van der Waals surface area contributed by atoms with Crippen molar-refractivity contribution in [1.82, 2.24) is 20.4 Å². The van der Waals surface area contributed by atoms with Crippen LogP contribution in [0.1, 0.15) is 82.4 Å². The van der Waals surface area contributed by atoms with Crippen molar-refractivity contribution in [3.8, 4) is 11.5 Å². The Morgan fingerprint density at radius 1 is 1.19 bits per heavy atom. The second-order valence-corrected chi connectivity index (χ2v) is 9.66. The molecule has 1 atom stereocenters. The lowest BCUT2D eigenvalue weighted by atomic mass is 9.95. The van der Waals surface area contributed by atoms with E-state index in [9.17, 15) is 9.59 Å². The molecule has 1 aromatic carbocycles. The van der Waals surface area contributed by atoms with Crippen molar-refractivity contribution in [3.63, 3.8) is 0 Å². The molecule has 174 valence electrons. The van der Waals surface area contributed by atoms with Crippen LogP contribution in [0.25, 0.3) is 11.5 Å². The number of carbonyl (C=O) groups excluding carboxylic acids is 2. The molecule has 2 heterocycles. The van der Waals surface area contributed by atoms with Gasteiger partial charge in [-0.3, -0.25) is 9.59 Å². The number of carbonyl (C=O) groups is 2. The second-order valence-electron chi connectivity index (χ2n) is 9.66. The Kier molecular flexibility index (Phi) is 8.04. The molecule has 0 radical (unpaired) electrons. The molecule has 1 aromatic heterocycles. The number of nitrogens with zero attached hydrogens (tertiary/aromatic N) is 3. The van der Waals surface area contributed by atoms with Gasteiger partial charge in [-0.2, -0.15) is 4.98 Å². The number of benzene rings is 1. The third-order valence-corrected chi connectivity index (χ3v) is 5.89. The van der Waals surface area contributed by atoms with Crippen molar-refractivity contribution >= 4 is 11.8 Å². The lowest BCUT2D eigenvalue weighted by Crippen LogP contribution is -2.45. The highest BCUT2D eigenvalue weighted by Gasteiger charge is 2.31. The Labute approximate surface area is 191 Å². The zero-order chi connectivity index (χ0) is 23.1. The molecule has 1 N–H and O–H groups in total. The quantitative estimate of drug-likeness (QED) is 0.607. The van der Waals surface area contributed by atoms with E-state index >= 15 is 0 Å². The van der Waals surface area contributed by atoms with Crippen LogP contribution in [-0.4, -0.2) is 46.5 Å². The Hall–Kier alpha value is -2.70. The standard InChI is InChI=1S/C25H36N4O3/c1-5-6-7-10-15-26-21(30)18-12-11-16-29(17-18)23(31)20-14-9-8-13-19(20)22-27-24(28-32-22)25(2,3)4/h8-9,13-14,18H,5-7,10-12,15-17H2,1-4H3,(H,26,30). The van der Waals surface area contributed by atoms with Crippen LogP contribution in [0.2, 0.25) is 0 Å². The fourth-order valence-electron chi connectivity index (χ4n) is 3.95. The summed E-state index contributed by atoms with van der Waals surface area (Å²) in [5, 5.41) is 7.15. The Bertz CT molecular complexity index is 916. The number of aromatic nitrogens is 2. The maximum atomic E-state index is 13.4. The fourth-order valence-corrected chi connectivity index (χ4v) is 3.95. The maximum Gasteiger partial charge on any atom is 0.258 e. The van der Waals surface area contributed by atoms with Gasteiger partial charge >= 0.3 is 0 Å². The minimum Gasteiger partial charge on any atom is -0.356 e. The Morgan fingerprint density at radius 3 is 2.69 bits per heavy atom. The summed E-state index contributed by atoms with van der Waals surface area (Å²) >= 11 is 0. The van der Waals surface area contributed by atoms with Gasteiger partial charge in [-0.1, -0.05) is 64.2 Å². The molecule has 3 rings (SSSR count). The summed E-state index contributed by atoms with van der Waals surface area (Å²) in [7, 11) is 0. The second kappa shape index (κ2) is 10.7. The number of hydrogen-bond acceptors (Lipinski definition) is 5. The van der Waals surface area contributed by atoms with Gasteiger partial charge in [-0.15, -0.1) is 0 Å². The van der Waals surface area contributed by atoms with E-state index < -0.39 is 0 Å². The predicted molar refractivity (Wildman–Crippen MR) is 124 cm³/mol. The summed E-state index contributed by atoms with van der Waals surface area (Å²) in [5.74, 6) is 0.734. The maximum absolute atomic E-state index is 13.4. The van der Waals surface area contributed by atoms with Crippen molar-refractivity contribution in [1.29, 1.82) is 0 Å². The van der Waals surface area contributed by atoms with E-state index in [-0.39, 0.29) is 23.1 Å². The lowest BCUT2D eigenvalue weighted by molar-refractivity contribution is -0.126. The van der Waals surface area contributed by atoms with Crippen LogP contribution in [-0.2, 0) is 10.2 Å². The summed E-state index contributed by atoms with van der Waals surface area (Å²) in [6.07, 6.45) is 6.13. The number of likely N-dealkylation sites (tertiary alicyclic amines) is 1. The van der Waals surface area contributed by atoms with Crippen LogP contribution in [0.4, 0.5) is 0 Å². The molecule has 1 fully saturated rings. The first-order chi connectivity index (χ1) is 15.3. The first kappa shape index (κ1) is 24.0. The van der Waals surface area contributed by atoms with Gasteiger partial charge in [0, 0.05) is 25.0 Å². The molecular weight excluding hydrogens is 404 g/mol. The number of rotatable bonds is 8. The molecule has 0 saturated carbocycles. The van der Waals surface area contributed by atoms with Crippen LogP contribution < -0.4 is 5.32 Å². The number of nitrogens with one attached hydrogen (secondary N) is 1. The minimum atomic E-state index is -0.245. The largest absolute Gasteiger partial charge is 0.356 e. The zero-order valence-electron chi connectivity index (χ0n) is 19.8. The Morgan fingerprint density at radius 2 is 1.97 bits per heavy atom. The summed E-state index contributed by atoms with van der Waals surface area (Å²) < 4.78 is 5.49. The van der Waals surface area contributed by atoms with E-state index in [4.69, 9.17) is 4.52 Å². The molecule has 0 spiro atoms. The minimum absolute atomic E-state index is 0.0546. The molecule has 32 heavy (non-hydrogen) atoms. The van der Waals surface area contributed by atoms with Crippen molar-refractivity contribution in [2.75, 3.05) is 19.6 Å². The zero-order valence-corrected chi connectivity index (χ0v) is 19.8. The van der Waals surface area contributed by atoms with Crippen LogP contribution in [0.5, 0.6) is 0 Å². The van der Waals surface area contributed by atoms with Crippen molar-refractivity contribution in [2.24, 2.45) is 5.92 Å². The monoisotopic (exact) mass is 440 g/mol. The smallest absolute Gasteiger partial charge is 0.258 e. The van der Waals surface area contributed by atoms with Gasteiger partial charge < -0.3 is 14.7 Å². The average Bonchev–Trinajstić information content (AvgIpc) is 3.29. The average molecular weight is 441 g/mol. The number of unbranched alkanes of at least 4 members (excludes halogenated alkanes) is 3. The molecular formula is C25H36N4O3. The highest BCUT2D eigenvalue weighted by Crippen LogP contribution is 2.28. The van der Waals surface area contributed by atoms with Gasteiger partial charge in [0.1, 0.15) is 0 Å². The summed E-state index contributed by atoms with van der Waals surface area (Å²) in [4.78, 5) is 32.3.